The number of fused-ring (bicyclic) bond motifs is 1. The molecule has 0 fully saturated rings. The van der Waals surface area contributed by atoms with Gasteiger partial charge in [-0.05, 0) is 24.6 Å². The second-order valence-electron chi connectivity index (χ2n) is 8.03. The molecule has 0 aliphatic carbocycles. The van der Waals surface area contributed by atoms with E-state index in [1.807, 2.05) is 25.1 Å². The Bertz CT molecular complexity index is 1470. The first kappa shape index (κ1) is 27.0. The van der Waals surface area contributed by atoms with Crippen molar-refractivity contribution >= 4 is 30.9 Å². The van der Waals surface area contributed by atoms with Gasteiger partial charge < -0.3 is 29.0 Å². The monoisotopic (exact) mass is 543 g/mol. The van der Waals surface area contributed by atoms with Gasteiger partial charge in [0.15, 0.2) is 11.2 Å². The van der Waals surface area contributed by atoms with Crippen LogP contribution in [0, 0.1) is 6.92 Å². The molecule has 2 aromatic heterocycles. The van der Waals surface area contributed by atoms with E-state index in [1.54, 1.807) is 41.0 Å². The molecule has 38 heavy (non-hydrogen) atoms. The molecular weight excluding hydrogens is 517 g/mol. The minimum absolute atomic E-state index is 0.0204. The summed E-state index contributed by atoms with van der Waals surface area (Å²) in [7, 11) is -3.87. The van der Waals surface area contributed by atoms with E-state index in [-0.39, 0.29) is 42.6 Å². The fraction of sp³-hybridized carbons (Fsp3) is 0.250. The number of nitrogens with two attached hydrogens (primary N) is 1. The van der Waals surface area contributed by atoms with Crippen molar-refractivity contribution in [3.8, 4) is 5.75 Å². The number of carbonyl (C=O) groups is 1. The number of aromatic amines is 1. The van der Waals surface area contributed by atoms with E-state index in [2.05, 4.69) is 15.0 Å². The van der Waals surface area contributed by atoms with Crippen LogP contribution >= 0.6 is 7.60 Å². The number of nitrogen functional groups attached to an aromatic ring is 1. The Labute approximate surface area is 217 Å². The number of hydrogen-bond acceptors (Lipinski definition) is 11. The predicted octanol–water partition coefficient (Wildman–Crippen LogP) is 3.58. The summed E-state index contributed by atoms with van der Waals surface area (Å²) in [6.45, 7) is 1.48. The number of carbonyl (C=O) groups excluding carboxylic acids is 1. The van der Waals surface area contributed by atoms with Gasteiger partial charge in [-0.1, -0.05) is 48.0 Å². The first-order valence-electron chi connectivity index (χ1n) is 11.4. The van der Waals surface area contributed by atoms with Crippen molar-refractivity contribution in [1.82, 2.24) is 19.5 Å². The smallest absolute Gasteiger partial charge is 0.406 e. The summed E-state index contributed by atoms with van der Waals surface area (Å²) in [5.41, 5.74) is 7.33. The number of aryl methyl sites for hydroxylation is 1. The largest absolute Gasteiger partial charge is 0.515 e. The average molecular weight is 543 g/mol. The van der Waals surface area contributed by atoms with Crippen molar-refractivity contribution < 1.29 is 32.6 Å². The van der Waals surface area contributed by atoms with E-state index in [0.717, 1.165) is 11.1 Å². The maximum absolute atomic E-state index is 13.3. The van der Waals surface area contributed by atoms with Crippen LogP contribution in [0.3, 0.4) is 0 Å². The van der Waals surface area contributed by atoms with Gasteiger partial charge in [0.2, 0.25) is 12.7 Å². The van der Waals surface area contributed by atoms with Crippen molar-refractivity contribution in [2.45, 2.75) is 20.1 Å². The average Bonchev–Trinajstić information content (AvgIpc) is 3.30. The molecule has 0 aliphatic rings. The van der Waals surface area contributed by atoms with Gasteiger partial charge in [-0.2, -0.15) is 4.98 Å². The van der Waals surface area contributed by atoms with E-state index >= 15 is 0 Å². The molecule has 0 saturated carbocycles. The van der Waals surface area contributed by atoms with Crippen molar-refractivity contribution in [2.75, 3.05) is 25.5 Å². The fourth-order valence-corrected chi connectivity index (χ4v) is 4.35. The van der Waals surface area contributed by atoms with Gasteiger partial charge >= 0.3 is 13.8 Å². The lowest BCUT2D eigenvalue weighted by molar-refractivity contribution is 0.0154. The summed E-state index contributed by atoms with van der Waals surface area (Å²) in [5.74, 6) is 0.246. The third-order valence-corrected chi connectivity index (χ3v) is 6.66. The number of nitrogens with one attached hydrogen (secondary N) is 1. The molecule has 0 amide bonds. The molecule has 0 bridgehead atoms. The second-order valence-corrected chi connectivity index (χ2v) is 10.0. The molecule has 2 aromatic carbocycles. The highest BCUT2D eigenvalue weighted by Crippen LogP contribution is 2.49. The first-order chi connectivity index (χ1) is 18.3. The summed E-state index contributed by atoms with van der Waals surface area (Å²) in [5, 5.41) is 0. The molecule has 14 heteroatoms. The van der Waals surface area contributed by atoms with Gasteiger partial charge in [0.05, 0.1) is 19.5 Å². The molecule has 200 valence electrons. The highest BCUT2D eigenvalue weighted by Gasteiger charge is 2.27. The molecule has 0 saturated heterocycles. The minimum Gasteiger partial charge on any atom is -0.406 e. The van der Waals surface area contributed by atoms with Gasteiger partial charge in [0.25, 0.3) is 5.56 Å². The van der Waals surface area contributed by atoms with E-state index in [1.165, 1.54) is 6.33 Å². The highest BCUT2D eigenvalue weighted by molar-refractivity contribution is 7.53. The molecule has 3 N–H and O–H groups in total. The van der Waals surface area contributed by atoms with Crippen LogP contribution in [-0.4, -0.2) is 45.4 Å². The molecule has 0 radical (unpaired) electrons. The third-order valence-electron chi connectivity index (χ3n) is 5.14. The van der Waals surface area contributed by atoms with Gasteiger partial charge in [0.1, 0.15) is 12.1 Å². The molecule has 4 aromatic rings. The Kier molecular flexibility index (Phi) is 8.87. The van der Waals surface area contributed by atoms with Crippen LogP contribution < -0.4 is 16.0 Å². The highest BCUT2D eigenvalue weighted by atomic mass is 31.2. The van der Waals surface area contributed by atoms with Crippen molar-refractivity contribution in [1.29, 1.82) is 0 Å². The van der Waals surface area contributed by atoms with Crippen molar-refractivity contribution in [2.24, 2.45) is 0 Å². The number of ether oxygens (including phenoxy) is 3. The maximum Gasteiger partial charge on any atom is 0.515 e. The first-order valence-corrected chi connectivity index (χ1v) is 13.2. The summed E-state index contributed by atoms with van der Waals surface area (Å²) in [6, 6.07) is 15.8. The number of anilines is 1. The Morgan fingerprint density at radius 2 is 1.87 bits per heavy atom. The number of imidazole rings is 1. The summed E-state index contributed by atoms with van der Waals surface area (Å²) < 4.78 is 41.3. The Balaban J connectivity index is 1.32. The lowest BCUT2D eigenvalue weighted by Crippen LogP contribution is -2.15. The van der Waals surface area contributed by atoms with Crippen molar-refractivity contribution in [3.63, 3.8) is 0 Å². The lowest BCUT2D eigenvalue weighted by Gasteiger charge is -2.18. The zero-order valence-electron chi connectivity index (χ0n) is 20.4. The van der Waals surface area contributed by atoms with Crippen molar-refractivity contribution in [3.05, 3.63) is 82.4 Å². The van der Waals surface area contributed by atoms with Crippen LogP contribution in [0.1, 0.15) is 11.1 Å². The van der Waals surface area contributed by atoms with Gasteiger partial charge in [-0.15, -0.1) is 0 Å². The zero-order valence-corrected chi connectivity index (χ0v) is 21.3. The summed E-state index contributed by atoms with van der Waals surface area (Å²) in [4.78, 5) is 34.4. The molecule has 0 spiro atoms. The van der Waals surface area contributed by atoms with Crippen LogP contribution in [0.2, 0.25) is 0 Å². The molecule has 1 atom stereocenters. The number of aromatic nitrogens is 4. The molecule has 2 heterocycles. The minimum atomic E-state index is -3.87. The number of benzene rings is 2. The van der Waals surface area contributed by atoms with E-state index in [4.69, 9.17) is 29.0 Å². The predicted molar refractivity (Wildman–Crippen MR) is 136 cm³/mol. The molecule has 4 rings (SSSR count). The van der Waals surface area contributed by atoms with Crippen LogP contribution in [-0.2, 0) is 36.2 Å². The van der Waals surface area contributed by atoms with Gasteiger partial charge in [0, 0.05) is 6.54 Å². The van der Waals surface area contributed by atoms with E-state index in [0.29, 0.717) is 0 Å². The Hall–Kier alpha value is -4.03. The third kappa shape index (κ3) is 7.49. The van der Waals surface area contributed by atoms with E-state index < -0.39 is 32.5 Å². The van der Waals surface area contributed by atoms with Crippen LogP contribution in [0.4, 0.5) is 10.7 Å². The summed E-state index contributed by atoms with van der Waals surface area (Å²) >= 11 is 0. The number of nitrogens with zero attached hydrogens (tertiary/aromatic N) is 3. The molecule has 1 unspecified atom stereocenters. The quantitative estimate of drug-likeness (QED) is 0.0880. The normalized spacial score (nSPS) is 12.8. The number of hydrogen-bond donors (Lipinski definition) is 2. The Morgan fingerprint density at radius 1 is 1.11 bits per heavy atom. The molecule has 13 nitrogen and oxygen atoms in total. The van der Waals surface area contributed by atoms with Gasteiger partial charge in [-0.25, -0.2) is 9.78 Å². The number of H-pyrrole nitrogens is 1. The fourth-order valence-electron chi connectivity index (χ4n) is 3.22. The maximum atomic E-state index is 13.3. The molecular formula is C24H26N5O8P. The van der Waals surface area contributed by atoms with E-state index in [9.17, 15) is 14.2 Å². The number of rotatable bonds is 12. The lowest BCUT2D eigenvalue weighted by atomic mass is 10.2. The zero-order chi connectivity index (χ0) is 27.0. The topological polar surface area (TPSA) is 170 Å². The van der Waals surface area contributed by atoms with Crippen LogP contribution in [0.15, 0.2) is 65.7 Å². The molecule has 0 aliphatic heterocycles. The summed E-state index contributed by atoms with van der Waals surface area (Å²) in [6.07, 6.45) is -0.0393. The SMILES string of the molecule is Cc1ccc(OC(=O)OCOP(=O)(COCCn2cnc3c(=O)[nH]c(N)nc32)OCc2ccccc2)cc1. The Morgan fingerprint density at radius 3 is 2.63 bits per heavy atom. The second kappa shape index (κ2) is 12.5. The van der Waals surface area contributed by atoms with Crippen LogP contribution in [0.25, 0.3) is 11.2 Å². The van der Waals surface area contributed by atoms with Gasteiger partial charge in [-0.3, -0.25) is 18.9 Å². The standard InChI is InChI=1S/C24H26N5O8P/c1-17-7-9-19(10-8-17)37-24(31)34-15-36-38(32,35-13-18-5-3-2-4-6-18)16-33-12-11-29-14-26-20-21(29)27-23(25)28-22(20)30/h2-10,14H,11-13,15-16H2,1H3,(H3,25,27,28,30). The van der Waals surface area contributed by atoms with Crippen LogP contribution in [0.5, 0.6) is 5.75 Å².